The lowest BCUT2D eigenvalue weighted by Gasteiger charge is -2.33. The minimum absolute atomic E-state index is 0.134. The van der Waals surface area contributed by atoms with Crippen molar-refractivity contribution in [2.45, 2.75) is 63.2 Å². The Morgan fingerprint density at radius 2 is 2.00 bits per heavy atom. The Morgan fingerprint density at radius 1 is 1.28 bits per heavy atom. The van der Waals surface area contributed by atoms with Crippen molar-refractivity contribution in [1.82, 2.24) is 15.5 Å². The summed E-state index contributed by atoms with van der Waals surface area (Å²) in [5.74, 6) is 2.42. The lowest BCUT2D eigenvalue weighted by Crippen LogP contribution is -2.39. The van der Waals surface area contributed by atoms with E-state index in [0.717, 1.165) is 44.1 Å². The van der Waals surface area contributed by atoms with Gasteiger partial charge >= 0.3 is 0 Å². The van der Waals surface area contributed by atoms with E-state index in [0.29, 0.717) is 5.92 Å². The Morgan fingerprint density at radius 3 is 2.67 bits per heavy atom. The summed E-state index contributed by atoms with van der Waals surface area (Å²) >= 11 is 0. The molecule has 2 heterocycles. The second-order valence-electron chi connectivity index (χ2n) is 5.82. The fourth-order valence-electron chi connectivity index (χ4n) is 3.42. The second-order valence-corrected chi connectivity index (χ2v) is 5.82. The monoisotopic (exact) mass is 249 g/mol. The van der Waals surface area contributed by atoms with Crippen LogP contribution in [0.3, 0.4) is 0 Å². The van der Waals surface area contributed by atoms with E-state index in [9.17, 15) is 0 Å². The molecular formula is C14H23N3O. The Kier molecular flexibility index (Phi) is 3.37. The van der Waals surface area contributed by atoms with Gasteiger partial charge in [0.15, 0.2) is 5.82 Å². The van der Waals surface area contributed by atoms with Gasteiger partial charge in [0.25, 0.3) is 0 Å². The van der Waals surface area contributed by atoms with Gasteiger partial charge in [-0.05, 0) is 45.2 Å². The first-order valence-corrected chi connectivity index (χ1v) is 7.39. The number of hydrogen-bond donors (Lipinski definition) is 1. The highest BCUT2D eigenvalue weighted by molar-refractivity contribution is 5.09. The SMILES string of the molecule is CCC1(c2nc(C3CCCC3)no2)CCNCC1. The van der Waals surface area contributed by atoms with Gasteiger partial charge in [-0.1, -0.05) is 24.9 Å². The summed E-state index contributed by atoms with van der Waals surface area (Å²) in [6, 6.07) is 0. The zero-order valence-corrected chi connectivity index (χ0v) is 11.2. The molecule has 4 heteroatoms. The van der Waals surface area contributed by atoms with Gasteiger partial charge in [-0.2, -0.15) is 4.98 Å². The summed E-state index contributed by atoms with van der Waals surface area (Å²) in [4.78, 5) is 4.75. The number of rotatable bonds is 3. The van der Waals surface area contributed by atoms with Crippen LogP contribution in [0.4, 0.5) is 0 Å². The standard InChI is InChI=1S/C14H23N3O/c1-2-14(7-9-15-10-8-14)13-16-12(17-18-13)11-5-3-4-6-11/h11,15H,2-10H2,1H3. The van der Waals surface area contributed by atoms with E-state index in [2.05, 4.69) is 17.4 Å². The minimum atomic E-state index is 0.134. The Bertz CT molecular complexity index is 389. The molecule has 2 fully saturated rings. The molecule has 1 aliphatic carbocycles. The number of aromatic nitrogens is 2. The van der Waals surface area contributed by atoms with E-state index >= 15 is 0 Å². The molecule has 0 unspecified atom stereocenters. The molecule has 4 nitrogen and oxygen atoms in total. The van der Waals surface area contributed by atoms with Crippen LogP contribution in [0.25, 0.3) is 0 Å². The van der Waals surface area contributed by atoms with E-state index in [1.165, 1.54) is 25.7 Å². The van der Waals surface area contributed by atoms with Crippen LogP contribution in [0.2, 0.25) is 0 Å². The van der Waals surface area contributed by atoms with E-state index in [4.69, 9.17) is 9.51 Å². The Labute approximate surface area is 109 Å². The summed E-state index contributed by atoms with van der Waals surface area (Å²) < 4.78 is 5.62. The highest BCUT2D eigenvalue weighted by Gasteiger charge is 2.38. The molecule has 0 spiro atoms. The van der Waals surface area contributed by atoms with Crippen LogP contribution in [-0.4, -0.2) is 23.2 Å². The highest BCUT2D eigenvalue weighted by atomic mass is 16.5. The third-order valence-electron chi connectivity index (χ3n) is 4.85. The largest absolute Gasteiger partial charge is 0.339 e. The molecule has 1 aliphatic heterocycles. The van der Waals surface area contributed by atoms with Crippen molar-refractivity contribution in [3.05, 3.63) is 11.7 Å². The van der Waals surface area contributed by atoms with Crippen molar-refractivity contribution >= 4 is 0 Å². The van der Waals surface area contributed by atoms with E-state index in [-0.39, 0.29) is 5.41 Å². The van der Waals surface area contributed by atoms with Crippen LogP contribution in [0, 0.1) is 0 Å². The van der Waals surface area contributed by atoms with E-state index in [1.54, 1.807) is 0 Å². The number of hydrogen-bond acceptors (Lipinski definition) is 4. The van der Waals surface area contributed by atoms with Crippen LogP contribution in [0.15, 0.2) is 4.52 Å². The first-order valence-electron chi connectivity index (χ1n) is 7.39. The third-order valence-corrected chi connectivity index (χ3v) is 4.85. The maximum Gasteiger partial charge on any atom is 0.232 e. The van der Waals surface area contributed by atoms with Crippen molar-refractivity contribution in [2.75, 3.05) is 13.1 Å². The minimum Gasteiger partial charge on any atom is -0.339 e. The topological polar surface area (TPSA) is 51.0 Å². The molecule has 1 saturated heterocycles. The van der Waals surface area contributed by atoms with Gasteiger partial charge in [0.05, 0.1) is 5.41 Å². The highest BCUT2D eigenvalue weighted by Crippen LogP contribution is 2.38. The Balaban J connectivity index is 1.82. The van der Waals surface area contributed by atoms with Crippen molar-refractivity contribution in [3.63, 3.8) is 0 Å². The molecule has 0 radical (unpaired) electrons. The predicted octanol–water partition coefficient (Wildman–Crippen LogP) is 2.76. The van der Waals surface area contributed by atoms with Gasteiger partial charge < -0.3 is 9.84 Å². The quantitative estimate of drug-likeness (QED) is 0.895. The fourth-order valence-corrected chi connectivity index (χ4v) is 3.42. The van der Waals surface area contributed by atoms with Gasteiger partial charge in [-0.3, -0.25) is 0 Å². The van der Waals surface area contributed by atoms with Crippen LogP contribution in [-0.2, 0) is 5.41 Å². The van der Waals surface area contributed by atoms with Crippen molar-refractivity contribution in [1.29, 1.82) is 0 Å². The fraction of sp³-hybridized carbons (Fsp3) is 0.857. The van der Waals surface area contributed by atoms with Gasteiger partial charge in [0.1, 0.15) is 0 Å². The average molecular weight is 249 g/mol. The normalized spacial score (nSPS) is 24.5. The van der Waals surface area contributed by atoms with Gasteiger partial charge in [0.2, 0.25) is 5.89 Å². The first kappa shape index (κ1) is 12.2. The summed E-state index contributed by atoms with van der Waals surface area (Å²) in [5.41, 5.74) is 0.134. The second kappa shape index (κ2) is 5.00. The molecule has 1 aromatic rings. The van der Waals surface area contributed by atoms with Crippen molar-refractivity contribution < 1.29 is 4.52 Å². The zero-order chi connectivity index (χ0) is 12.4. The summed E-state index contributed by atoms with van der Waals surface area (Å²) in [5, 5.41) is 7.68. The molecule has 100 valence electrons. The molecule has 3 rings (SSSR count). The summed E-state index contributed by atoms with van der Waals surface area (Å²) in [6.07, 6.45) is 8.45. The lowest BCUT2D eigenvalue weighted by atomic mass is 9.76. The maximum absolute atomic E-state index is 5.62. The predicted molar refractivity (Wildman–Crippen MR) is 69.6 cm³/mol. The van der Waals surface area contributed by atoms with Crippen LogP contribution >= 0.6 is 0 Å². The summed E-state index contributed by atoms with van der Waals surface area (Å²) in [6.45, 7) is 4.37. The molecule has 0 amide bonds. The van der Waals surface area contributed by atoms with E-state index in [1.807, 2.05) is 0 Å². The molecule has 1 saturated carbocycles. The van der Waals surface area contributed by atoms with Crippen LogP contribution in [0.1, 0.15) is 69.5 Å². The van der Waals surface area contributed by atoms with Crippen LogP contribution < -0.4 is 5.32 Å². The molecule has 0 atom stereocenters. The summed E-state index contributed by atoms with van der Waals surface area (Å²) in [7, 11) is 0. The number of nitrogens with one attached hydrogen (secondary N) is 1. The van der Waals surface area contributed by atoms with Crippen LogP contribution in [0.5, 0.6) is 0 Å². The van der Waals surface area contributed by atoms with Gasteiger partial charge in [-0.15, -0.1) is 0 Å². The molecular weight excluding hydrogens is 226 g/mol. The van der Waals surface area contributed by atoms with Crippen molar-refractivity contribution in [3.8, 4) is 0 Å². The Hall–Kier alpha value is -0.900. The molecule has 18 heavy (non-hydrogen) atoms. The smallest absolute Gasteiger partial charge is 0.232 e. The number of nitrogens with zero attached hydrogens (tertiary/aromatic N) is 2. The third kappa shape index (κ3) is 2.07. The van der Waals surface area contributed by atoms with Gasteiger partial charge in [-0.25, -0.2) is 0 Å². The molecule has 0 bridgehead atoms. The average Bonchev–Trinajstić information content (AvgIpc) is 3.10. The van der Waals surface area contributed by atoms with E-state index < -0.39 is 0 Å². The molecule has 0 aromatic carbocycles. The first-order chi connectivity index (χ1) is 8.84. The van der Waals surface area contributed by atoms with Crippen molar-refractivity contribution in [2.24, 2.45) is 0 Å². The number of piperidine rings is 1. The zero-order valence-electron chi connectivity index (χ0n) is 11.2. The molecule has 2 aliphatic rings. The lowest BCUT2D eigenvalue weighted by molar-refractivity contribution is 0.216. The van der Waals surface area contributed by atoms with Gasteiger partial charge in [0, 0.05) is 5.92 Å². The molecule has 1 aromatic heterocycles. The molecule has 1 N–H and O–H groups in total. The maximum atomic E-state index is 5.62.